The summed E-state index contributed by atoms with van der Waals surface area (Å²) in [6.07, 6.45) is 3.56. The van der Waals surface area contributed by atoms with Crippen LogP contribution in [-0.4, -0.2) is 42.9 Å². The molecule has 7 heteroatoms. The van der Waals surface area contributed by atoms with Crippen molar-refractivity contribution in [2.75, 3.05) is 20.2 Å². The van der Waals surface area contributed by atoms with Gasteiger partial charge in [-0.2, -0.15) is 0 Å². The van der Waals surface area contributed by atoms with Crippen LogP contribution in [0.3, 0.4) is 0 Å². The van der Waals surface area contributed by atoms with E-state index in [0.717, 1.165) is 25.5 Å². The molecule has 1 aliphatic heterocycles. The monoisotopic (exact) mass is 337 g/mol. The van der Waals surface area contributed by atoms with Crippen molar-refractivity contribution in [1.82, 2.24) is 4.90 Å². The van der Waals surface area contributed by atoms with Crippen LogP contribution in [0.4, 0.5) is 4.39 Å². The number of hydrogen-bond donors (Lipinski definition) is 1. The van der Waals surface area contributed by atoms with Crippen molar-refractivity contribution in [2.45, 2.75) is 38.8 Å². The van der Waals surface area contributed by atoms with E-state index in [0.29, 0.717) is 24.0 Å². The molecule has 0 bridgehead atoms. The third-order valence-corrected chi connectivity index (χ3v) is 4.18. The van der Waals surface area contributed by atoms with Gasteiger partial charge in [0.25, 0.3) is 0 Å². The van der Waals surface area contributed by atoms with E-state index in [2.05, 4.69) is 21.7 Å². The van der Waals surface area contributed by atoms with E-state index >= 15 is 0 Å². The van der Waals surface area contributed by atoms with Gasteiger partial charge in [0.1, 0.15) is 12.4 Å². The molecule has 1 saturated heterocycles. The number of nitrogens with two attached hydrogens (primary N) is 1. The largest absolute Gasteiger partial charge is 0.465 e. The molecule has 2 rings (SSSR count). The number of hydrogen-bond acceptors (Lipinski definition) is 5. The second kappa shape index (κ2) is 8.63. The summed E-state index contributed by atoms with van der Waals surface area (Å²) in [6.45, 7) is 3.74. The number of nitrogens with zero attached hydrogens (tertiary/aromatic N) is 2. The molecular formula is C17H24FN3O3. The maximum atomic E-state index is 13.3. The summed E-state index contributed by atoms with van der Waals surface area (Å²) in [7, 11) is 1.24. The zero-order valence-corrected chi connectivity index (χ0v) is 14.1. The Bertz CT molecular complexity index is 607. The number of carbonyl (C=O) groups excluding carboxylic acids is 1. The zero-order chi connectivity index (χ0) is 17.5. The van der Waals surface area contributed by atoms with E-state index in [1.54, 1.807) is 0 Å². The second-order valence-corrected chi connectivity index (χ2v) is 5.96. The smallest absolute Gasteiger partial charge is 0.338 e. The van der Waals surface area contributed by atoms with Gasteiger partial charge in [0.2, 0.25) is 0 Å². The molecule has 0 radical (unpaired) electrons. The van der Waals surface area contributed by atoms with Gasteiger partial charge in [-0.3, -0.25) is 4.90 Å². The molecule has 0 aromatic heterocycles. The Morgan fingerprint density at radius 2 is 2.25 bits per heavy atom. The van der Waals surface area contributed by atoms with Crippen molar-refractivity contribution < 1.29 is 18.8 Å². The fraction of sp³-hybridized carbons (Fsp3) is 0.529. The number of likely N-dealkylation sites (tertiary alicyclic amines) is 1. The van der Waals surface area contributed by atoms with Gasteiger partial charge in [-0.25, -0.2) is 9.18 Å². The third-order valence-electron chi connectivity index (χ3n) is 4.18. The number of halogens is 1. The van der Waals surface area contributed by atoms with Gasteiger partial charge in [-0.1, -0.05) is 17.6 Å². The van der Waals surface area contributed by atoms with Gasteiger partial charge < -0.3 is 15.3 Å². The van der Waals surface area contributed by atoms with Crippen molar-refractivity contribution in [2.24, 2.45) is 10.9 Å². The first-order valence-corrected chi connectivity index (χ1v) is 8.06. The highest BCUT2D eigenvalue weighted by Crippen LogP contribution is 2.16. The molecule has 0 saturated carbocycles. The Labute approximate surface area is 141 Å². The SMILES string of the molecule is COC(=O)c1cc(F)ccc1CON=C(N)CN1CCCCC1C. The Kier molecular flexibility index (Phi) is 6.54. The molecule has 24 heavy (non-hydrogen) atoms. The molecular weight excluding hydrogens is 313 g/mol. The molecule has 1 aromatic carbocycles. The maximum absolute atomic E-state index is 13.3. The number of amidine groups is 1. The molecule has 1 unspecified atom stereocenters. The quantitative estimate of drug-likeness (QED) is 0.373. The lowest BCUT2D eigenvalue weighted by molar-refractivity contribution is 0.0592. The van der Waals surface area contributed by atoms with E-state index in [1.165, 1.54) is 25.7 Å². The van der Waals surface area contributed by atoms with Gasteiger partial charge in [0.05, 0.1) is 19.2 Å². The fourth-order valence-corrected chi connectivity index (χ4v) is 2.79. The molecule has 1 heterocycles. The summed E-state index contributed by atoms with van der Waals surface area (Å²) in [4.78, 5) is 19.2. The van der Waals surface area contributed by atoms with Gasteiger partial charge in [-0.05, 0) is 38.4 Å². The van der Waals surface area contributed by atoms with Crippen molar-refractivity contribution in [3.8, 4) is 0 Å². The molecule has 1 aliphatic rings. The maximum Gasteiger partial charge on any atom is 0.338 e. The first-order valence-electron chi connectivity index (χ1n) is 8.06. The Balaban J connectivity index is 1.94. The second-order valence-electron chi connectivity index (χ2n) is 5.96. The average Bonchev–Trinajstić information content (AvgIpc) is 2.57. The summed E-state index contributed by atoms with van der Waals surface area (Å²) in [5.41, 5.74) is 6.52. The van der Waals surface area contributed by atoms with Crippen LogP contribution in [0.5, 0.6) is 0 Å². The first-order chi connectivity index (χ1) is 11.5. The predicted octanol–water partition coefficient (Wildman–Crippen LogP) is 2.28. The van der Waals surface area contributed by atoms with Crippen LogP contribution in [0.25, 0.3) is 0 Å². The summed E-state index contributed by atoms with van der Waals surface area (Å²) >= 11 is 0. The number of rotatable bonds is 6. The third kappa shape index (κ3) is 4.92. The van der Waals surface area contributed by atoms with Crippen LogP contribution >= 0.6 is 0 Å². The van der Waals surface area contributed by atoms with Crippen LogP contribution < -0.4 is 5.73 Å². The Morgan fingerprint density at radius 3 is 2.96 bits per heavy atom. The van der Waals surface area contributed by atoms with E-state index < -0.39 is 11.8 Å². The summed E-state index contributed by atoms with van der Waals surface area (Å²) in [6, 6.07) is 4.33. The summed E-state index contributed by atoms with van der Waals surface area (Å²) in [5.74, 6) is -0.751. The minimum absolute atomic E-state index is 0.0148. The van der Waals surface area contributed by atoms with E-state index in [9.17, 15) is 9.18 Å². The van der Waals surface area contributed by atoms with E-state index in [4.69, 9.17) is 10.6 Å². The van der Waals surface area contributed by atoms with Crippen LogP contribution in [0.15, 0.2) is 23.4 Å². The lowest BCUT2D eigenvalue weighted by Crippen LogP contribution is -2.42. The highest BCUT2D eigenvalue weighted by molar-refractivity contribution is 5.91. The number of piperidine rings is 1. The zero-order valence-electron chi connectivity index (χ0n) is 14.1. The van der Waals surface area contributed by atoms with Gasteiger partial charge >= 0.3 is 5.97 Å². The molecule has 1 aromatic rings. The molecule has 0 amide bonds. The van der Waals surface area contributed by atoms with Crippen LogP contribution in [-0.2, 0) is 16.2 Å². The minimum Gasteiger partial charge on any atom is -0.465 e. The Morgan fingerprint density at radius 1 is 1.46 bits per heavy atom. The number of oxime groups is 1. The number of esters is 1. The molecule has 6 nitrogen and oxygen atoms in total. The Hall–Kier alpha value is -2.15. The van der Waals surface area contributed by atoms with Crippen molar-refractivity contribution in [3.05, 3.63) is 35.1 Å². The standard InChI is InChI=1S/C17H24FN3O3/c1-12-5-3-4-8-21(12)10-16(19)20-24-11-13-6-7-14(18)9-15(13)17(22)23-2/h6-7,9,12H,3-5,8,10-11H2,1-2H3,(H2,19,20). The van der Waals surface area contributed by atoms with Crippen LogP contribution in [0.2, 0.25) is 0 Å². The lowest BCUT2D eigenvalue weighted by atomic mass is 10.0. The summed E-state index contributed by atoms with van der Waals surface area (Å²) < 4.78 is 17.9. The lowest BCUT2D eigenvalue weighted by Gasteiger charge is -2.32. The fourth-order valence-electron chi connectivity index (χ4n) is 2.79. The normalized spacial score (nSPS) is 19.1. The van der Waals surface area contributed by atoms with Gasteiger partial charge in [0.15, 0.2) is 5.84 Å². The van der Waals surface area contributed by atoms with Gasteiger partial charge in [0, 0.05) is 11.6 Å². The topological polar surface area (TPSA) is 77.1 Å². The first kappa shape index (κ1) is 18.2. The van der Waals surface area contributed by atoms with Crippen molar-refractivity contribution in [1.29, 1.82) is 0 Å². The predicted molar refractivity (Wildman–Crippen MR) is 89.0 cm³/mol. The van der Waals surface area contributed by atoms with E-state index in [1.807, 2.05) is 0 Å². The van der Waals surface area contributed by atoms with Crippen LogP contribution in [0, 0.1) is 5.82 Å². The minimum atomic E-state index is -0.618. The molecule has 1 fully saturated rings. The number of carbonyl (C=O) groups is 1. The highest BCUT2D eigenvalue weighted by atomic mass is 19.1. The molecule has 0 spiro atoms. The highest BCUT2D eigenvalue weighted by Gasteiger charge is 2.19. The molecule has 2 N–H and O–H groups in total. The van der Waals surface area contributed by atoms with Crippen LogP contribution in [0.1, 0.15) is 42.1 Å². The summed E-state index contributed by atoms with van der Waals surface area (Å²) in [5, 5.41) is 3.90. The number of benzene rings is 1. The average molecular weight is 337 g/mol. The number of ether oxygens (including phenoxy) is 1. The van der Waals surface area contributed by atoms with Gasteiger partial charge in [-0.15, -0.1) is 0 Å². The molecule has 132 valence electrons. The van der Waals surface area contributed by atoms with Crippen molar-refractivity contribution >= 4 is 11.8 Å². The number of methoxy groups -OCH3 is 1. The molecule has 1 atom stereocenters. The van der Waals surface area contributed by atoms with E-state index in [-0.39, 0.29) is 12.2 Å². The van der Waals surface area contributed by atoms with Crippen molar-refractivity contribution in [3.63, 3.8) is 0 Å². The molecule has 0 aliphatic carbocycles.